The van der Waals surface area contributed by atoms with Crippen LogP contribution in [0, 0.1) is 5.41 Å². The van der Waals surface area contributed by atoms with Gasteiger partial charge < -0.3 is 14.8 Å². The van der Waals surface area contributed by atoms with Crippen molar-refractivity contribution in [2.24, 2.45) is 10.5 Å². The van der Waals surface area contributed by atoms with E-state index in [1.165, 1.54) is 19.4 Å². The average molecular weight is 508 g/mol. The van der Waals surface area contributed by atoms with Gasteiger partial charge in [0.25, 0.3) is 5.91 Å². The average Bonchev–Trinajstić information content (AvgIpc) is 2.85. The van der Waals surface area contributed by atoms with Gasteiger partial charge in [0.15, 0.2) is 0 Å². The van der Waals surface area contributed by atoms with E-state index >= 15 is 0 Å². The van der Waals surface area contributed by atoms with Gasteiger partial charge in [-0.3, -0.25) is 9.59 Å². The highest BCUT2D eigenvalue weighted by molar-refractivity contribution is 6.31. The summed E-state index contributed by atoms with van der Waals surface area (Å²) in [5, 5.41) is 7.16. The predicted molar refractivity (Wildman–Crippen MR) is 139 cm³/mol. The summed E-state index contributed by atoms with van der Waals surface area (Å²) in [6.07, 6.45) is 1.33. The lowest BCUT2D eigenvalue weighted by atomic mass is 9.95. The lowest BCUT2D eigenvalue weighted by molar-refractivity contribution is -0.123. The van der Waals surface area contributed by atoms with Gasteiger partial charge in [0.1, 0.15) is 11.5 Å². The van der Waals surface area contributed by atoms with Gasteiger partial charge >= 0.3 is 5.97 Å². The number of hydrazone groups is 1. The molecule has 2 amide bonds. The first kappa shape index (κ1) is 26.4. The van der Waals surface area contributed by atoms with E-state index in [0.29, 0.717) is 33.1 Å². The summed E-state index contributed by atoms with van der Waals surface area (Å²) in [4.78, 5) is 37.2. The van der Waals surface area contributed by atoms with Crippen molar-refractivity contribution in [1.82, 2.24) is 5.43 Å². The lowest BCUT2D eigenvalue weighted by Crippen LogP contribution is -2.27. The number of esters is 1. The predicted octanol–water partition coefficient (Wildman–Crippen LogP) is 5.32. The number of carbonyl (C=O) groups is 3. The van der Waals surface area contributed by atoms with Gasteiger partial charge in [-0.15, -0.1) is 0 Å². The number of hydrogen-bond donors (Lipinski definition) is 2. The van der Waals surface area contributed by atoms with Crippen molar-refractivity contribution in [2.75, 3.05) is 12.4 Å². The highest BCUT2D eigenvalue weighted by Gasteiger charge is 2.21. The number of hydrogen-bond acceptors (Lipinski definition) is 6. The van der Waals surface area contributed by atoms with Crippen molar-refractivity contribution in [3.05, 3.63) is 88.4 Å². The summed E-state index contributed by atoms with van der Waals surface area (Å²) in [6.45, 7) is 5.44. The SMILES string of the molecule is COc1cccc(C(=O)Oc2ccc(Cl)cc2/C=N/NC(=O)c2ccc(NC(=O)C(C)(C)C)cc2)c1. The van der Waals surface area contributed by atoms with Gasteiger partial charge in [-0.05, 0) is 60.7 Å². The van der Waals surface area contributed by atoms with E-state index in [0.717, 1.165) is 0 Å². The Hall–Kier alpha value is -4.17. The molecule has 3 rings (SSSR count). The maximum Gasteiger partial charge on any atom is 0.343 e. The second-order valence-corrected chi connectivity index (χ2v) is 9.22. The van der Waals surface area contributed by atoms with Crippen molar-refractivity contribution in [1.29, 1.82) is 0 Å². The van der Waals surface area contributed by atoms with Gasteiger partial charge in [-0.2, -0.15) is 5.10 Å². The maximum atomic E-state index is 12.6. The van der Waals surface area contributed by atoms with Gasteiger partial charge in [-0.1, -0.05) is 38.4 Å². The molecule has 0 bridgehead atoms. The van der Waals surface area contributed by atoms with Crippen LogP contribution >= 0.6 is 11.6 Å². The Labute approximate surface area is 214 Å². The summed E-state index contributed by atoms with van der Waals surface area (Å²) in [5.74, 6) is -0.446. The molecule has 8 nitrogen and oxygen atoms in total. The third-order valence-corrected chi connectivity index (χ3v) is 5.17. The molecule has 3 aromatic carbocycles. The first-order valence-electron chi connectivity index (χ1n) is 11.0. The molecule has 0 unspecified atom stereocenters. The number of nitrogens with zero attached hydrogens (tertiary/aromatic N) is 1. The number of amides is 2. The summed E-state index contributed by atoms with van der Waals surface area (Å²) < 4.78 is 10.6. The van der Waals surface area contributed by atoms with Crippen LogP contribution in [0.25, 0.3) is 0 Å². The smallest absolute Gasteiger partial charge is 0.343 e. The van der Waals surface area contributed by atoms with Crippen molar-refractivity contribution >= 4 is 41.3 Å². The summed E-state index contributed by atoms with van der Waals surface area (Å²) in [7, 11) is 1.51. The number of anilines is 1. The van der Waals surface area contributed by atoms with Crippen LogP contribution in [0.3, 0.4) is 0 Å². The zero-order valence-electron chi connectivity index (χ0n) is 20.3. The monoisotopic (exact) mass is 507 g/mol. The number of halogens is 1. The molecule has 9 heteroatoms. The molecule has 0 aliphatic rings. The Morgan fingerprint density at radius 1 is 0.944 bits per heavy atom. The number of ether oxygens (including phenoxy) is 2. The summed E-state index contributed by atoms with van der Waals surface area (Å²) in [5.41, 5.74) is 3.51. The number of rotatable bonds is 7. The van der Waals surface area contributed by atoms with E-state index < -0.39 is 17.3 Å². The minimum absolute atomic E-state index is 0.131. The molecule has 0 saturated carbocycles. The Kier molecular flexibility index (Phi) is 8.45. The zero-order chi connectivity index (χ0) is 26.3. The lowest BCUT2D eigenvalue weighted by Gasteiger charge is -2.17. The largest absolute Gasteiger partial charge is 0.497 e. The molecular formula is C27H26ClN3O5. The van der Waals surface area contributed by atoms with E-state index in [9.17, 15) is 14.4 Å². The third kappa shape index (κ3) is 7.16. The number of carbonyl (C=O) groups excluding carboxylic acids is 3. The minimum atomic E-state index is -0.589. The van der Waals surface area contributed by atoms with E-state index in [1.54, 1.807) is 60.7 Å². The fraction of sp³-hybridized carbons (Fsp3) is 0.185. The van der Waals surface area contributed by atoms with Crippen LogP contribution in [0.1, 0.15) is 47.1 Å². The number of nitrogens with one attached hydrogen (secondary N) is 2. The minimum Gasteiger partial charge on any atom is -0.497 e. The van der Waals surface area contributed by atoms with Crippen LogP contribution in [-0.4, -0.2) is 31.1 Å². The Morgan fingerprint density at radius 3 is 2.33 bits per heavy atom. The second-order valence-electron chi connectivity index (χ2n) is 8.78. The molecule has 0 aliphatic heterocycles. The Bertz CT molecular complexity index is 1300. The molecular weight excluding hydrogens is 482 g/mol. The first-order chi connectivity index (χ1) is 17.1. The molecule has 0 heterocycles. The van der Waals surface area contributed by atoms with E-state index in [1.807, 2.05) is 20.8 Å². The van der Waals surface area contributed by atoms with Gasteiger partial charge in [-0.25, -0.2) is 10.2 Å². The molecule has 186 valence electrons. The van der Waals surface area contributed by atoms with Crippen molar-refractivity contribution in [3.8, 4) is 11.5 Å². The van der Waals surface area contributed by atoms with Crippen LogP contribution in [0.2, 0.25) is 5.02 Å². The fourth-order valence-electron chi connectivity index (χ4n) is 2.87. The zero-order valence-corrected chi connectivity index (χ0v) is 21.1. The van der Waals surface area contributed by atoms with Crippen LogP contribution in [0.5, 0.6) is 11.5 Å². The molecule has 0 radical (unpaired) electrons. The van der Waals surface area contributed by atoms with Crippen LogP contribution in [0.15, 0.2) is 71.8 Å². The van der Waals surface area contributed by atoms with Crippen LogP contribution in [-0.2, 0) is 4.79 Å². The molecule has 0 saturated heterocycles. The van der Waals surface area contributed by atoms with Gasteiger partial charge in [0, 0.05) is 27.3 Å². The standard InChI is InChI=1S/C27H26ClN3O5/c1-27(2,3)26(34)30-21-11-8-17(9-12-21)24(32)31-29-16-19-14-20(28)10-13-23(19)36-25(33)18-6-5-7-22(15-18)35-4/h5-16H,1-4H3,(H,30,34)(H,31,32)/b29-16+. The third-order valence-electron chi connectivity index (χ3n) is 4.94. The molecule has 3 aromatic rings. The molecule has 0 spiro atoms. The molecule has 0 atom stereocenters. The van der Waals surface area contributed by atoms with Gasteiger partial charge in [0.05, 0.1) is 18.9 Å². The normalized spacial score (nSPS) is 11.1. The molecule has 2 N–H and O–H groups in total. The second kappa shape index (κ2) is 11.5. The highest BCUT2D eigenvalue weighted by atomic mass is 35.5. The van der Waals surface area contributed by atoms with Crippen LogP contribution in [0.4, 0.5) is 5.69 Å². The highest BCUT2D eigenvalue weighted by Crippen LogP contribution is 2.23. The summed E-state index contributed by atoms with van der Waals surface area (Å²) >= 11 is 6.09. The van der Waals surface area contributed by atoms with Crippen LogP contribution < -0.4 is 20.2 Å². The topological polar surface area (TPSA) is 106 Å². The van der Waals surface area contributed by atoms with Crippen molar-refractivity contribution < 1.29 is 23.9 Å². The van der Waals surface area contributed by atoms with E-state index in [4.69, 9.17) is 21.1 Å². The number of benzene rings is 3. The Morgan fingerprint density at radius 2 is 1.67 bits per heavy atom. The quantitative estimate of drug-likeness (QED) is 0.195. The molecule has 36 heavy (non-hydrogen) atoms. The first-order valence-corrected chi connectivity index (χ1v) is 11.4. The molecule has 0 fully saturated rings. The summed E-state index contributed by atoms with van der Waals surface area (Å²) in [6, 6.07) is 17.6. The van der Waals surface area contributed by atoms with E-state index in [2.05, 4.69) is 15.8 Å². The maximum absolute atomic E-state index is 12.6. The Balaban J connectivity index is 1.67. The molecule has 0 aromatic heterocycles. The van der Waals surface area contributed by atoms with Crippen molar-refractivity contribution in [2.45, 2.75) is 20.8 Å². The van der Waals surface area contributed by atoms with E-state index in [-0.39, 0.29) is 11.7 Å². The number of methoxy groups -OCH3 is 1. The molecule has 0 aliphatic carbocycles. The van der Waals surface area contributed by atoms with Crippen molar-refractivity contribution in [3.63, 3.8) is 0 Å². The fourth-order valence-corrected chi connectivity index (χ4v) is 3.05. The van der Waals surface area contributed by atoms with Gasteiger partial charge in [0.2, 0.25) is 5.91 Å².